The summed E-state index contributed by atoms with van der Waals surface area (Å²) in [6.45, 7) is 0.442. The van der Waals surface area contributed by atoms with E-state index in [1.54, 1.807) is 42.5 Å². The summed E-state index contributed by atoms with van der Waals surface area (Å²) >= 11 is 0. The number of ether oxygens (including phenoxy) is 1. The van der Waals surface area contributed by atoms with Crippen LogP contribution in [0.5, 0.6) is 5.75 Å². The predicted octanol–water partition coefficient (Wildman–Crippen LogP) is 1.35. The van der Waals surface area contributed by atoms with Crippen LogP contribution in [0, 0.1) is 0 Å². The van der Waals surface area contributed by atoms with E-state index in [1.807, 2.05) is 17.8 Å². The third-order valence-electron chi connectivity index (χ3n) is 4.29. The topological polar surface area (TPSA) is 76.5 Å². The smallest absolute Gasteiger partial charge is 0.251 e. The third-order valence-corrected chi connectivity index (χ3v) is 4.29. The van der Waals surface area contributed by atoms with Crippen LogP contribution in [0.4, 0.5) is 0 Å². The molecule has 1 heterocycles. The van der Waals surface area contributed by atoms with Gasteiger partial charge in [0.2, 0.25) is 5.91 Å². The van der Waals surface area contributed by atoms with Gasteiger partial charge in [-0.15, -0.1) is 0 Å². The van der Waals surface area contributed by atoms with Crippen LogP contribution in [0.3, 0.4) is 0 Å². The lowest BCUT2D eigenvalue weighted by molar-refractivity contribution is -0.131. The number of amides is 2. The van der Waals surface area contributed by atoms with Gasteiger partial charge in [-0.05, 0) is 37.1 Å². The van der Waals surface area contributed by atoms with Crippen molar-refractivity contribution in [3.63, 3.8) is 0 Å². The van der Waals surface area contributed by atoms with E-state index >= 15 is 0 Å². The number of methoxy groups -OCH3 is 1. The summed E-state index contributed by atoms with van der Waals surface area (Å²) in [4.78, 5) is 30.8. The summed E-state index contributed by atoms with van der Waals surface area (Å²) in [5, 5.41) is 2.70. The van der Waals surface area contributed by atoms with Gasteiger partial charge in [0, 0.05) is 31.0 Å². The molecule has 2 amide bonds. The number of hydrogen-bond donors (Lipinski definition) is 1. The van der Waals surface area contributed by atoms with E-state index in [0.29, 0.717) is 17.9 Å². The molecule has 0 aliphatic heterocycles. The fourth-order valence-electron chi connectivity index (χ4n) is 2.61. The maximum Gasteiger partial charge on any atom is 0.251 e. The first-order valence-electron chi connectivity index (χ1n) is 8.26. The lowest BCUT2D eigenvalue weighted by Gasteiger charge is -2.22. The molecule has 3 rings (SSSR count). The zero-order valence-electron chi connectivity index (χ0n) is 14.4. The average molecular weight is 342 g/mol. The van der Waals surface area contributed by atoms with Crippen LogP contribution in [-0.2, 0) is 18.4 Å². The van der Waals surface area contributed by atoms with E-state index in [9.17, 15) is 9.59 Å². The molecule has 0 radical (unpaired) electrons. The monoisotopic (exact) mass is 342 g/mol. The summed E-state index contributed by atoms with van der Waals surface area (Å²) < 4.78 is 6.97. The van der Waals surface area contributed by atoms with Gasteiger partial charge in [-0.2, -0.15) is 0 Å². The summed E-state index contributed by atoms with van der Waals surface area (Å²) in [5.41, 5.74) is 0.496. The van der Waals surface area contributed by atoms with Crippen LogP contribution in [0.2, 0.25) is 0 Å². The van der Waals surface area contributed by atoms with Crippen molar-refractivity contribution in [3.05, 3.63) is 48.0 Å². The van der Waals surface area contributed by atoms with Crippen molar-refractivity contribution in [1.82, 2.24) is 19.8 Å². The number of nitrogens with zero attached hydrogens (tertiary/aromatic N) is 3. The first kappa shape index (κ1) is 17.0. The standard InChI is InChI=1S/C18H22N4O3/c1-21-10-9-19-16(21)12-22(14-5-6-14)17(23)11-20-18(24)13-3-7-15(25-2)8-4-13/h3-4,7-10,14H,5-6,11-12H2,1-2H3,(H,20,24). The Kier molecular flexibility index (Phi) is 5.02. The Balaban J connectivity index is 1.57. The van der Waals surface area contributed by atoms with Crippen molar-refractivity contribution < 1.29 is 14.3 Å². The summed E-state index contributed by atoms with van der Waals surface area (Å²) in [6, 6.07) is 7.03. The number of benzene rings is 1. The molecule has 1 N–H and O–H groups in total. The first-order chi connectivity index (χ1) is 12.1. The summed E-state index contributed by atoms with van der Waals surface area (Å²) in [5.74, 6) is 1.15. The largest absolute Gasteiger partial charge is 0.497 e. The van der Waals surface area contributed by atoms with Gasteiger partial charge in [0.1, 0.15) is 11.6 Å². The maximum atomic E-state index is 12.6. The molecule has 0 saturated heterocycles. The Morgan fingerprint density at radius 2 is 2.04 bits per heavy atom. The Morgan fingerprint density at radius 1 is 1.32 bits per heavy atom. The molecule has 1 fully saturated rings. The molecule has 0 unspecified atom stereocenters. The van der Waals surface area contributed by atoms with Crippen molar-refractivity contribution in [3.8, 4) is 5.75 Å². The van der Waals surface area contributed by atoms with Crippen molar-refractivity contribution in [2.45, 2.75) is 25.4 Å². The molecule has 1 saturated carbocycles. The number of aryl methyl sites for hydroxylation is 1. The van der Waals surface area contributed by atoms with Crippen molar-refractivity contribution in [2.24, 2.45) is 7.05 Å². The van der Waals surface area contributed by atoms with Crippen molar-refractivity contribution in [1.29, 1.82) is 0 Å². The van der Waals surface area contributed by atoms with Crippen molar-refractivity contribution >= 4 is 11.8 Å². The number of nitrogens with one attached hydrogen (secondary N) is 1. The molecule has 0 bridgehead atoms. The number of aromatic nitrogens is 2. The molecule has 7 nitrogen and oxygen atoms in total. The second-order valence-corrected chi connectivity index (χ2v) is 6.12. The molecule has 1 aliphatic rings. The molecular weight excluding hydrogens is 320 g/mol. The number of hydrogen-bond acceptors (Lipinski definition) is 4. The second-order valence-electron chi connectivity index (χ2n) is 6.12. The maximum absolute atomic E-state index is 12.6. The first-order valence-corrected chi connectivity index (χ1v) is 8.26. The summed E-state index contributed by atoms with van der Waals surface area (Å²) in [6.07, 6.45) is 5.58. The minimum absolute atomic E-state index is 0.0220. The van der Waals surface area contributed by atoms with E-state index in [2.05, 4.69) is 10.3 Å². The molecule has 7 heteroatoms. The Bertz CT molecular complexity index is 750. The zero-order valence-corrected chi connectivity index (χ0v) is 14.4. The molecule has 2 aromatic rings. The van der Waals surface area contributed by atoms with Crippen LogP contribution in [0.15, 0.2) is 36.7 Å². The van der Waals surface area contributed by atoms with Gasteiger partial charge in [0.25, 0.3) is 5.91 Å². The quantitative estimate of drug-likeness (QED) is 0.824. The van der Waals surface area contributed by atoms with Crippen LogP contribution in [0.1, 0.15) is 29.0 Å². The van der Waals surface area contributed by atoms with E-state index in [4.69, 9.17) is 4.74 Å². The molecule has 1 aliphatic carbocycles. The minimum atomic E-state index is -0.274. The third kappa shape index (κ3) is 4.17. The number of carbonyl (C=O) groups excluding carboxylic acids is 2. The van der Waals surface area contributed by atoms with Gasteiger partial charge >= 0.3 is 0 Å². The Labute approximate surface area is 146 Å². The second kappa shape index (κ2) is 7.38. The van der Waals surface area contributed by atoms with Crippen LogP contribution < -0.4 is 10.1 Å². The lowest BCUT2D eigenvalue weighted by Crippen LogP contribution is -2.41. The highest BCUT2D eigenvalue weighted by Crippen LogP contribution is 2.28. The molecule has 1 aromatic carbocycles. The minimum Gasteiger partial charge on any atom is -0.497 e. The molecule has 132 valence electrons. The van der Waals surface area contributed by atoms with Gasteiger partial charge in [-0.25, -0.2) is 4.98 Å². The normalized spacial score (nSPS) is 13.4. The van der Waals surface area contributed by atoms with Crippen LogP contribution in [0.25, 0.3) is 0 Å². The van der Waals surface area contributed by atoms with E-state index < -0.39 is 0 Å². The van der Waals surface area contributed by atoms with Gasteiger partial charge < -0.3 is 19.5 Å². The molecule has 1 aromatic heterocycles. The zero-order chi connectivity index (χ0) is 17.8. The number of carbonyl (C=O) groups is 2. The van der Waals surface area contributed by atoms with Gasteiger partial charge in [-0.1, -0.05) is 0 Å². The van der Waals surface area contributed by atoms with Gasteiger partial charge in [-0.3, -0.25) is 9.59 Å². The summed E-state index contributed by atoms with van der Waals surface area (Å²) in [7, 11) is 3.48. The number of imidazole rings is 1. The number of rotatable bonds is 7. The Morgan fingerprint density at radius 3 is 2.60 bits per heavy atom. The molecule has 0 atom stereocenters. The van der Waals surface area contributed by atoms with Crippen LogP contribution in [-0.4, -0.2) is 46.0 Å². The highest BCUT2D eigenvalue weighted by atomic mass is 16.5. The van der Waals surface area contributed by atoms with Gasteiger partial charge in [0.15, 0.2) is 0 Å². The van der Waals surface area contributed by atoms with Crippen LogP contribution >= 0.6 is 0 Å². The lowest BCUT2D eigenvalue weighted by atomic mass is 10.2. The Hall–Kier alpha value is -2.83. The average Bonchev–Trinajstić information content (AvgIpc) is 3.39. The van der Waals surface area contributed by atoms with E-state index in [1.165, 1.54) is 0 Å². The molecule has 0 spiro atoms. The fraction of sp³-hybridized carbons (Fsp3) is 0.389. The van der Waals surface area contributed by atoms with Gasteiger partial charge in [0.05, 0.1) is 20.2 Å². The van der Waals surface area contributed by atoms with Crippen molar-refractivity contribution in [2.75, 3.05) is 13.7 Å². The SMILES string of the molecule is COc1ccc(C(=O)NCC(=O)N(Cc2nccn2C)C2CC2)cc1. The predicted molar refractivity (Wildman–Crippen MR) is 92.1 cm³/mol. The highest BCUT2D eigenvalue weighted by Gasteiger charge is 2.33. The highest BCUT2D eigenvalue weighted by molar-refractivity contribution is 5.96. The molecule has 25 heavy (non-hydrogen) atoms. The molecular formula is C18H22N4O3. The van der Waals surface area contributed by atoms with E-state index in [0.717, 1.165) is 18.7 Å². The van der Waals surface area contributed by atoms with E-state index in [-0.39, 0.29) is 24.4 Å². The fourth-order valence-corrected chi connectivity index (χ4v) is 2.61.